The van der Waals surface area contributed by atoms with Crippen molar-refractivity contribution in [2.45, 2.75) is 69.4 Å². The number of fused-ring (bicyclic) bond motifs is 5. The third-order valence-corrected chi connectivity index (χ3v) is 10.8. The first-order chi connectivity index (χ1) is 22.3. The number of nitrogens with zero attached hydrogens (tertiary/aromatic N) is 1. The molecular weight excluding hydrogens is 602 g/mol. The minimum Gasteiger partial charge on any atom is -0.497 e. The van der Waals surface area contributed by atoms with Crippen molar-refractivity contribution in [3.05, 3.63) is 70.6 Å². The van der Waals surface area contributed by atoms with Crippen molar-refractivity contribution in [2.24, 2.45) is 0 Å². The van der Waals surface area contributed by atoms with Gasteiger partial charge in [-0.15, -0.1) is 11.3 Å². The first-order valence-electron chi connectivity index (χ1n) is 16.0. The molecule has 0 unspecified atom stereocenters. The zero-order chi connectivity index (χ0) is 31.8. The number of amides is 2. The van der Waals surface area contributed by atoms with Gasteiger partial charge in [0.2, 0.25) is 5.91 Å². The van der Waals surface area contributed by atoms with E-state index in [4.69, 9.17) is 14.6 Å². The molecule has 2 aliphatic carbocycles. The van der Waals surface area contributed by atoms with Crippen molar-refractivity contribution < 1.29 is 29.0 Å². The Morgan fingerprint density at radius 3 is 2.52 bits per heavy atom. The predicted octanol–water partition coefficient (Wildman–Crippen LogP) is 7.21. The van der Waals surface area contributed by atoms with Crippen LogP contribution < -0.4 is 20.1 Å². The quantitative estimate of drug-likeness (QED) is 0.175. The summed E-state index contributed by atoms with van der Waals surface area (Å²) in [6.45, 7) is 1.18. The number of thiophene rings is 1. The Morgan fingerprint density at radius 2 is 1.83 bits per heavy atom. The molecule has 2 fully saturated rings. The highest BCUT2D eigenvalue weighted by atomic mass is 32.1. The highest BCUT2D eigenvalue weighted by Crippen LogP contribution is 2.49. The van der Waals surface area contributed by atoms with E-state index in [1.165, 1.54) is 47.9 Å². The van der Waals surface area contributed by atoms with Crippen LogP contribution in [-0.4, -0.2) is 46.7 Å². The Kier molecular flexibility index (Phi) is 8.06. The molecule has 7 rings (SSSR count). The van der Waals surface area contributed by atoms with Gasteiger partial charge in [-0.1, -0.05) is 31.4 Å². The molecule has 9 nitrogen and oxygen atoms in total. The van der Waals surface area contributed by atoms with Crippen molar-refractivity contribution in [2.75, 3.05) is 19.0 Å². The molecular formula is C36H37N3O6S. The van der Waals surface area contributed by atoms with E-state index < -0.39 is 11.5 Å². The number of anilines is 1. The van der Waals surface area contributed by atoms with Gasteiger partial charge in [0.15, 0.2) is 0 Å². The maximum absolute atomic E-state index is 13.9. The third kappa shape index (κ3) is 5.55. The molecule has 0 spiro atoms. The third-order valence-electron chi connectivity index (χ3n) is 9.61. The molecule has 0 saturated heterocycles. The van der Waals surface area contributed by atoms with Gasteiger partial charge >= 0.3 is 5.97 Å². The number of carboxylic acid groups (broad SMARTS) is 1. The van der Waals surface area contributed by atoms with Gasteiger partial charge in [0, 0.05) is 23.4 Å². The molecule has 3 N–H and O–H groups in total. The van der Waals surface area contributed by atoms with Gasteiger partial charge in [0.05, 0.1) is 34.4 Å². The largest absolute Gasteiger partial charge is 0.497 e. The average Bonchev–Trinajstić information content (AvgIpc) is 3.54. The second kappa shape index (κ2) is 12.3. The summed E-state index contributed by atoms with van der Waals surface area (Å²) in [7, 11) is 1.66. The van der Waals surface area contributed by atoms with Crippen LogP contribution in [-0.2, 0) is 16.1 Å². The number of carboxylic acids is 1. The van der Waals surface area contributed by atoms with Gasteiger partial charge in [-0.25, -0.2) is 4.79 Å². The normalized spacial score (nSPS) is 17.3. The molecule has 4 aromatic rings. The minimum atomic E-state index is -1.02. The number of carbonyl (C=O) groups is 3. The van der Waals surface area contributed by atoms with E-state index >= 15 is 0 Å². The fourth-order valence-corrected chi connectivity index (χ4v) is 8.24. The van der Waals surface area contributed by atoms with Crippen LogP contribution in [0.4, 0.5) is 5.69 Å². The number of ether oxygens (including phenoxy) is 2. The maximum Gasteiger partial charge on any atom is 0.328 e. The van der Waals surface area contributed by atoms with E-state index in [2.05, 4.69) is 21.3 Å². The molecule has 2 aromatic carbocycles. The lowest BCUT2D eigenvalue weighted by molar-refractivity contribution is -0.131. The molecule has 0 atom stereocenters. The number of aromatic nitrogens is 1. The monoisotopic (exact) mass is 639 g/mol. The number of carbonyl (C=O) groups excluding carboxylic acids is 2. The molecule has 0 bridgehead atoms. The molecule has 1 aliphatic heterocycles. The highest BCUT2D eigenvalue weighted by Gasteiger charge is 2.46. The standard InChI is InChI=1S/C36H37N3O6S/c1-44-25-13-14-26-28(20-25)45-19-18-39-27-21-29(46-33(27)31(32(26)39)23-6-3-2-4-7-23)34(42)38-36(16-5-17-36)35(43)37-24-11-8-22(9-12-24)10-15-30(40)41/h8-15,20-21,23H,2-7,16-19H2,1H3,(H,37,43)(H,38,42)(H,40,41)/b15-10+. The van der Waals surface area contributed by atoms with Crippen LogP contribution in [0.15, 0.2) is 54.6 Å². The van der Waals surface area contributed by atoms with Gasteiger partial charge in [-0.05, 0) is 85.6 Å². The summed E-state index contributed by atoms with van der Waals surface area (Å²) >= 11 is 1.53. The molecule has 3 heterocycles. The van der Waals surface area contributed by atoms with Crippen molar-refractivity contribution in [3.8, 4) is 22.8 Å². The minimum absolute atomic E-state index is 0.232. The van der Waals surface area contributed by atoms with E-state index in [0.29, 0.717) is 48.0 Å². The van der Waals surface area contributed by atoms with Crippen molar-refractivity contribution in [1.29, 1.82) is 0 Å². The van der Waals surface area contributed by atoms with E-state index in [0.717, 1.165) is 52.6 Å². The maximum atomic E-state index is 13.9. The smallest absolute Gasteiger partial charge is 0.328 e. The summed E-state index contributed by atoms with van der Waals surface area (Å²) in [5.74, 6) is 0.491. The molecule has 2 amide bonds. The van der Waals surface area contributed by atoms with E-state index in [1.807, 2.05) is 18.2 Å². The van der Waals surface area contributed by atoms with Gasteiger partial charge < -0.3 is 29.8 Å². The van der Waals surface area contributed by atoms with Crippen LogP contribution in [0.2, 0.25) is 0 Å². The molecule has 238 valence electrons. The fraction of sp³-hybridized carbons (Fsp3) is 0.361. The molecule has 3 aliphatic rings. The van der Waals surface area contributed by atoms with E-state index in [9.17, 15) is 14.4 Å². The SMILES string of the molecule is COc1ccc2c(c1)OCCn1c-2c(C2CCCCC2)c2sc(C(=O)NC3(C(=O)Nc4ccc(/C=C/C(=O)O)cc4)CCC3)cc21. The van der Waals surface area contributed by atoms with Crippen LogP contribution in [0.3, 0.4) is 0 Å². The summed E-state index contributed by atoms with van der Waals surface area (Å²) in [5, 5.41) is 14.9. The second-order valence-electron chi connectivity index (χ2n) is 12.4. The second-order valence-corrected chi connectivity index (χ2v) is 13.5. The van der Waals surface area contributed by atoms with Gasteiger partial charge in [-0.3, -0.25) is 9.59 Å². The van der Waals surface area contributed by atoms with Crippen LogP contribution in [0.25, 0.3) is 27.6 Å². The van der Waals surface area contributed by atoms with Crippen LogP contribution >= 0.6 is 11.3 Å². The Hall–Kier alpha value is -4.57. The Labute approximate surface area is 271 Å². The summed E-state index contributed by atoms with van der Waals surface area (Å²) in [6, 6.07) is 15.0. The zero-order valence-electron chi connectivity index (χ0n) is 25.8. The van der Waals surface area contributed by atoms with Crippen LogP contribution in [0.1, 0.15) is 78.1 Å². The molecule has 10 heteroatoms. The summed E-state index contributed by atoms with van der Waals surface area (Å²) in [5.41, 5.74) is 4.93. The van der Waals surface area contributed by atoms with Crippen molar-refractivity contribution in [1.82, 2.24) is 9.88 Å². The average molecular weight is 640 g/mol. The summed E-state index contributed by atoms with van der Waals surface area (Å²) < 4.78 is 15.2. The van der Waals surface area contributed by atoms with Crippen LogP contribution in [0, 0.1) is 0 Å². The van der Waals surface area contributed by atoms with E-state index in [-0.39, 0.29) is 11.8 Å². The van der Waals surface area contributed by atoms with Crippen molar-refractivity contribution >= 4 is 51.1 Å². The van der Waals surface area contributed by atoms with Gasteiger partial charge in [0.1, 0.15) is 23.6 Å². The van der Waals surface area contributed by atoms with Gasteiger partial charge in [0.25, 0.3) is 5.91 Å². The summed E-state index contributed by atoms with van der Waals surface area (Å²) in [4.78, 5) is 38.8. The number of aliphatic carboxylic acids is 1. The Balaban J connectivity index is 1.18. The Bertz CT molecular complexity index is 1840. The number of hydrogen-bond acceptors (Lipinski definition) is 6. The fourth-order valence-electron chi connectivity index (χ4n) is 7.06. The lowest BCUT2D eigenvalue weighted by atomic mass is 9.75. The number of hydrogen-bond donors (Lipinski definition) is 3. The lowest BCUT2D eigenvalue weighted by Crippen LogP contribution is -2.61. The Morgan fingerprint density at radius 1 is 1.04 bits per heavy atom. The molecule has 2 aromatic heterocycles. The zero-order valence-corrected chi connectivity index (χ0v) is 26.6. The summed E-state index contributed by atoms with van der Waals surface area (Å²) in [6.07, 6.45) is 10.4. The van der Waals surface area contributed by atoms with E-state index in [1.54, 1.807) is 31.4 Å². The van der Waals surface area contributed by atoms with Gasteiger partial charge in [-0.2, -0.15) is 0 Å². The molecule has 0 radical (unpaired) electrons. The van der Waals surface area contributed by atoms with Crippen molar-refractivity contribution in [3.63, 3.8) is 0 Å². The molecule has 2 saturated carbocycles. The topological polar surface area (TPSA) is 119 Å². The van der Waals surface area contributed by atoms with Crippen LogP contribution in [0.5, 0.6) is 11.5 Å². The number of methoxy groups -OCH3 is 1. The highest BCUT2D eigenvalue weighted by molar-refractivity contribution is 7.21. The number of rotatable bonds is 8. The number of nitrogens with one attached hydrogen (secondary N) is 2. The molecule has 46 heavy (non-hydrogen) atoms. The number of benzene rings is 2. The predicted molar refractivity (Wildman–Crippen MR) is 179 cm³/mol. The lowest BCUT2D eigenvalue weighted by Gasteiger charge is -2.40. The first kappa shape index (κ1) is 30.1. The first-order valence-corrected chi connectivity index (χ1v) is 16.8.